The van der Waals surface area contributed by atoms with Crippen molar-refractivity contribution in [2.24, 2.45) is 5.92 Å². The molecule has 0 spiro atoms. The fourth-order valence-corrected chi connectivity index (χ4v) is 1.90. The molecule has 4 heteroatoms. The Hall–Kier alpha value is -1.42. The van der Waals surface area contributed by atoms with Gasteiger partial charge in [-0.3, -0.25) is 9.69 Å². The van der Waals surface area contributed by atoms with Gasteiger partial charge >= 0.3 is 5.97 Å². The lowest BCUT2D eigenvalue weighted by Gasteiger charge is -2.26. The molecule has 0 fully saturated rings. The van der Waals surface area contributed by atoms with Crippen LogP contribution in [0.1, 0.15) is 25.8 Å². The molecule has 1 aromatic carbocycles. The summed E-state index contributed by atoms with van der Waals surface area (Å²) in [4.78, 5) is 13.0. The van der Waals surface area contributed by atoms with Gasteiger partial charge in [0.15, 0.2) is 0 Å². The molecule has 1 rings (SSSR count). The predicted octanol–water partition coefficient (Wildman–Crippen LogP) is 2.76. The highest BCUT2D eigenvalue weighted by Gasteiger charge is 2.23. The number of halogens is 1. The lowest BCUT2D eigenvalue weighted by Crippen LogP contribution is -2.39. The number of carboxylic acid groups (broad SMARTS) is 1. The number of likely N-dealkylation sites (N-methyl/N-ethyl adjacent to an activating group) is 1. The zero-order chi connectivity index (χ0) is 13.7. The lowest BCUT2D eigenvalue weighted by molar-refractivity contribution is -0.143. The van der Waals surface area contributed by atoms with Gasteiger partial charge < -0.3 is 5.11 Å². The van der Waals surface area contributed by atoms with Gasteiger partial charge in [0.25, 0.3) is 0 Å². The van der Waals surface area contributed by atoms with E-state index < -0.39 is 12.0 Å². The van der Waals surface area contributed by atoms with Crippen LogP contribution in [0, 0.1) is 11.7 Å². The third-order valence-corrected chi connectivity index (χ3v) is 2.86. The number of carboxylic acids is 1. The lowest BCUT2D eigenvalue weighted by atomic mass is 10.0. The van der Waals surface area contributed by atoms with Crippen LogP contribution in [0.2, 0.25) is 0 Å². The predicted molar refractivity (Wildman–Crippen MR) is 68.7 cm³/mol. The van der Waals surface area contributed by atoms with Gasteiger partial charge in [-0.05, 0) is 37.1 Å². The van der Waals surface area contributed by atoms with Gasteiger partial charge in [-0.1, -0.05) is 26.0 Å². The molecular formula is C14H20FNO2. The SMILES string of the molecule is CC(C)CC(C(=O)O)N(C)Cc1ccc(F)cc1. The van der Waals surface area contributed by atoms with Crippen LogP contribution in [0.25, 0.3) is 0 Å². The van der Waals surface area contributed by atoms with Crippen LogP contribution in [0.4, 0.5) is 4.39 Å². The van der Waals surface area contributed by atoms with Gasteiger partial charge in [0.05, 0.1) is 0 Å². The van der Waals surface area contributed by atoms with Gasteiger partial charge in [0.1, 0.15) is 11.9 Å². The second kappa shape index (κ2) is 6.50. The Kier molecular flexibility index (Phi) is 5.28. The molecule has 3 nitrogen and oxygen atoms in total. The fraction of sp³-hybridized carbons (Fsp3) is 0.500. The van der Waals surface area contributed by atoms with Gasteiger partial charge in [-0.15, -0.1) is 0 Å². The normalized spacial score (nSPS) is 13.0. The Morgan fingerprint density at radius 1 is 1.33 bits per heavy atom. The van der Waals surface area contributed by atoms with Crippen molar-refractivity contribution in [1.29, 1.82) is 0 Å². The number of nitrogens with zero attached hydrogens (tertiary/aromatic N) is 1. The van der Waals surface area contributed by atoms with Crippen LogP contribution in [0.15, 0.2) is 24.3 Å². The number of aliphatic carboxylic acids is 1. The molecule has 0 amide bonds. The smallest absolute Gasteiger partial charge is 0.320 e. The van der Waals surface area contributed by atoms with E-state index in [1.54, 1.807) is 24.1 Å². The van der Waals surface area contributed by atoms with Crippen LogP contribution in [-0.2, 0) is 11.3 Å². The number of carbonyl (C=O) groups is 1. The molecule has 0 aliphatic heterocycles. The first-order valence-electron chi connectivity index (χ1n) is 6.07. The Bertz CT molecular complexity index is 389. The van der Waals surface area contributed by atoms with Gasteiger partial charge in [0.2, 0.25) is 0 Å². The zero-order valence-electron chi connectivity index (χ0n) is 11.1. The number of hydrogen-bond acceptors (Lipinski definition) is 2. The largest absolute Gasteiger partial charge is 0.480 e. The summed E-state index contributed by atoms with van der Waals surface area (Å²) >= 11 is 0. The second-order valence-corrected chi connectivity index (χ2v) is 5.03. The fourth-order valence-electron chi connectivity index (χ4n) is 1.90. The maximum atomic E-state index is 12.8. The molecule has 100 valence electrons. The van der Waals surface area contributed by atoms with Gasteiger partial charge in [-0.2, -0.15) is 0 Å². The molecule has 1 N–H and O–H groups in total. The molecule has 0 bridgehead atoms. The third-order valence-electron chi connectivity index (χ3n) is 2.86. The van der Waals surface area contributed by atoms with E-state index in [1.165, 1.54) is 12.1 Å². The summed E-state index contributed by atoms with van der Waals surface area (Å²) in [6, 6.07) is 5.64. The van der Waals surface area contributed by atoms with Crippen molar-refractivity contribution in [3.63, 3.8) is 0 Å². The summed E-state index contributed by atoms with van der Waals surface area (Å²) in [5.74, 6) is -0.770. The van der Waals surface area contributed by atoms with Gasteiger partial charge in [0, 0.05) is 6.54 Å². The molecule has 0 heterocycles. The average molecular weight is 253 g/mol. The van der Waals surface area contributed by atoms with E-state index in [9.17, 15) is 14.3 Å². The van der Waals surface area contributed by atoms with Crippen molar-refractivity contribution < 1.29 is 14.3 Å². The highest BCUT2D eigenvalue weighted by molar-refractivity contribution is 5.73. The molecule has 1 atom stereocenters. The van der Waals surface area contributed by atoms with Crippen LogP contribution >= 0.6 is 0 Å². The third kappa shape index (κ3) is 4.45. The number of rotatable bonds is 6. The number of benzene rings is 1. The maximum Gasteiger partial charge on any atom is 0.320 e. The van der Waals surface area contributed by atoms with E-state index in [1.807, 2.05) is 13.8 Å². The zero-order valence-corrected chi connectivity index (χ0v) is 11.1. The van der Waals surface area contributed by atoms with Crippen molar-refractivity contribution in [3.8, 4) is 0 Å². The van der Waals surface area contributed by atoms with Crippen molar-refractivity contribution in [1.82, 2.24) is 4.90 Å². The molecule has 0 aliphatic carbocycles. The van der Waals surface area contributed by atoms with Crippen molar-refractivity contribution in [3.05, 3.63) is 35.6 Å². The first kappa shape index (κ1) is 14.6. The molecule has 18 heavy (non-hydrogen) atoms. The van der Waals surface area contributed by atoms with Crippen LogP contribution < -0.4 is 0 Å². The Balaban J connectivity index is 2.69. The molecule has 0 aromatic heterocycles. The maximum absolute atomic E-state index is 12.8. The standard InChI is InChI=1S/C14H20FNO2/c1-10(2)8-13(14(17)18)16(3)9-11-4-6-12(15)7-5-11/h4-7,10,13H,8-9H2,1-3H3,(H,17,18). The summed E-state index contributed by atoms with van der Waals surface area (Å²) < 4.78 is 12.8. The second-order valence-electron chi connectivity index (χ2n) is 5.03. The molecule has 0 saturated heterocycles. The Labute approximate surface area is 107 Å². The van der Waals surface area contributed by atoms with E-state index in [0.717, 1.165) is 5.56 Å². The molecule has 1 unspecified atom stereocenters. The highest BCUT2D eigenvalue weighted by atomic mass is 19.1. The quantitative estimate of drug-likeness (QED) is 0.847. The minimum absolute atomic E-state index is 0.279. The van der Waals surface area contributed by atoms with E-state index in [2.05, 4.69) is 0 Å². The summed E-state index contributed by atoms with van der Waals surface area (Å²) in [5, 5.41) is 9.21. The average Bonchev–Trinajstić information content (AvgIpc) is 2.28. The summed E-state index contributed by atoms with van der Waals surface area (Å²) in [6.07, 6.45) is 0.604. The van der Waals surface area contributed by atoms with Crippen LogP contribution in [0.5, 0.6) is 0 Å². The first-order chi connectivity index (χ1) is 8.40. The number of hydrogen-bond donors (Lipinski definition) is 1. The minimum Gasteiger partial charge on any atom is -0.480 e. The molecule has 0 radical (unpaired) electrons. The first-order valence-corrected chi connectivity index (χ1v) is 6.07. The molecule has 0 saturated carbocycles. The van der Waals surface area contributed by atoms with E-state index in [4.69, 9.17) is 0 Å². The Morgan fingerprint density at radius 2 is 1.89 bits per heavy atom. The van der Waals surface area contributed by atoms with E-state index in [0.29, 0.717) is 18.9 Å². The van der Waals surface area contributed by atoms with Crippen LogP contribution in [-0.4, -0.2) is 29.1 Å². The highest BCUT2D eigenvalue weighted by Crippen LogP contribution is 2.14. The minimum atomic E-state index is -0.812. The topological polar surface area (TPSA) is 40.5 Å². The summed E-state index contributed by atoms with van der Waals surface area (Å²) in [7, 11) is 1.78. The van der Waals surface area contributed by atoms with Crippen LogP contribution in [0.3, 0.4) is 0 Å². The van der Waals surface area contributed by atoms with Crippen molar-refractivity contribution in [2.45, 2.75) is 32.9 Å². The van der Waals surface area contributed by atoms with E-state index >= 15 is 0 Å². The molecule has 1 aromatic rings. The summed E-state index contributed by atoms with van der Waals surface area (Å²) in [6.45, 7) is 4.51. The monoisotopic (exact) mass is 253 g/mol. The molecule has 0 aliphatic rings. The van der Waals surface area contributed by atoms with Crippen molar-refractivity contribution >= 4 is 5.97 Å². The molecular weight excluding hydrogens is 233 g/mol. The Morgan fingerprint density at radius 3 is 2.33 bits per heavy atom. The van der Waals surface area contributed by atoms with E-state index in [-0.39, 0.29) is 5.82 Å². The van der Waals surface area contributed by atoms with Crippen molar-refractivity contribution in [2.75, 3.05) is 7.05 Å². The van der Waals surface area contributed by atoms with Gasteiger partial charge in [-0.25, -0.2) is 4.39 Å². The summed E-state index contributed by atoms with van der Waals surface area (Å²) in [5.41, 5.74) is 0.911.